The summed E-state index contributed by atoms with van der Waals surface area (Å²) >= 11 is 3.48. The molecule has 0 aromatic carbocycles. The van der Waals surface area contributed by atoms with Gasteiger partial charge in [-0.3, -0.25) is 9.89 Å². The standard InChI is InChI=1S/C14H17N3OS2/c1-3-6-19-14-11-10(8(2)7-15-13(11)18)12(20-14)9-4-5-16-17-9/h4-5,8H,3,6-7H2,1-2H3,(H,15,18)(H,16,17)/t8-/m1/s1. The first kappa shape index (κ1) is 13.7. The molecule has 0 saturated heterocycles. The van der Waals surface area contributed by atoms with Crippen molar-refractivity contribution in [1.29, 1.82) is 0 Å². The Balaban J connectivity index is 2.13. The summed E-state index contributed by atoms with van der Waals surface area (Å²) in [6.07, 6.45) is 2.93. The molecule has 2 N–H and O–H groups in total. The first-order chi connectivity index (χ1) is 9.72. The predicted octanol–water partition coefficient (Wildman–Crippen LogP) is 3.49. The van der Waals surface area contributed by atoms with Crippen LogP contribution >= 0.6 is 23.1 Å². The van der Waals surface area contributed by atoms with E-state index in [9.17, 15) is 4.79 Å². The molecule has 20 heavy (non-hydrogen) atoms. The second-order valence-corrected chi connectivity index (χ2v) is 7.31. The minimum Gasteiger partial charge on any atom is -0.351 e. The summed E-state index contributed by atoms with van der Waals surface area (Å²) in [7, 11) is 0. The van der Waals surface area contributed by atoms with Gasteiger partial charge in [-0.25, -0.2) is 0 Å². The second kappa shape index (κ2) is 5.61. The molecule has 3 rings (SSSR count). The Hall–Kier alpha value is -1.27. The number of hydrogen-bond donors (Lipinski definition) is 2. The number of fused-ring (bicyclic) bond motifs is 1. The van der Waals surface area contributed by atoms with E-state index in [2.05, 4.69) is 29.4 Å². The monoisotopic (exact) mass is 307 g/mol. The molecule has 1 atom stereocenters. The van der Waals surface area contributed by atoms with Gasteiger partial charge in [0.15, 0.2) is 0 Å². The van der Waals surface area contributed by atoms with Crippen molar-refractivity contribution in [3.05, 3.63) is 23.4 Å². The van der Waals surface area contributed by atoms with Crippen LogP contribution in [-0.4, -0.2) is 28.4 Å². The van der Waals surface area contributed by atoms with E-state index in [1.54, 1.807) is 23.1 Å². The van der Waals surface area contributed by atoms with E-state index in [0.29, 0.717) is 12.5 Å². The molecule has 0 bridgehead atoms. The average molecular weight is 307 g/mol. The van der Waals surface area contributed by atoms with E-state index in [0.717, 1.165) is 32.5 Å². The highest BCUT2D eigenvalue weighted by atomic mass is 32.2. The van der Waals surface area contributed by atoms with Crippen LogP contribution in [0.15, 0.2) is 16.5 Å². The molecule has 2 aromatic heterocycles. The van der Waals surface area contributed by atoms with Gasteiger partial charge in [0, 0.05) is 18.7 Å². The molecule has 0 saturated carbocycles. The van der Waals surface area contributed by atoms with Crippen molar-refractivity contribution >= 4 is 29.0 Å². The Morgan fingerprint density at radius 1 is 1.55 bits per heavy atom. The molecular formula is C14H17N3OS2. The third kappa shape index (κ3) is 2.27. The van der Waals surface area contributed by atoms with Gasteiger partial charge >= 0.3 is 0 Å². The summed E-state index contributed by atoms with van der Waals surface area (Å²) in [5, 5.41) is 10.1. The number of nitrogens with one attached hydrogen (secondary N) is 2. The fourth-order valence-corrected chi connectivity index (χ4v) is 5.01. The minimum absolute atomic E-state index is 0.0646. The number of rotatable bonds is 4. The van der Waals surface area contributed by atoms with Crippen molar-refractivity contribution in [3.63, 3.8) is 0 Å². The summed E-state index contributed by atoms with van der Waals surface area (Å²) in [6, 6.07) is 1.97. The molecule has 0 spiro atoms. The van der Waals surface area contributed by atoms with Gasteiger partial charge in [0.1, 0.15) is 5.69 Å². The molecule has 4 nitrogen and oxygen atoms in total. The highest BCUT2D eigenvalue weighted by molar-refractivity contribution is 8.01. The number of aromatic amines is 1. The van der Waals surface area contributed by atoms with Gasteiger partial charge in [0.25, 0.3) is 5.91 Å². The van der Waals surface area contributed by atoms with E-state index in [1.807, 2.05) is 12.3 Å². The molecule has 0 radical (unpaired) electrons. The third-order valence-electron chi connectivity index (χ3n) is 3.37. The van der Waals surface area contributed by atoms with Crippen LogP contribution in [-0.2, 0) is 0 Å². The lowest BCUT2D eigenvalue weighted by molar-refractivity contribution is 0.0939. The minimum atomic E-state index is 0.0646. The van der Waals surface area contributed by atoms with E-state index in [4.69, 9.17) is 0 Å². The van der Waals surface area contributed by atoms with Gasteiger partial charge in [-0.1, -0.05) is 13.8 Å². The smallest absolute Gasteiger partial charge is 0.253 e. The molecule has 3 heterocycles. The number of thiophene rings is 1. The van der Waals surface area contributed by atoms with Crippen molar-refractivity contribution in [3.8, 4) is 10.6 Å². The maximum atomic E-state index is 12.3. The lowest BCUT2D eigenvalue weighted by atomic mass is 9.93. The van der Waals surface area contributed by atoms with Crippen molar-refractivity contribution in [2.45, 2.75) is 30.4 Å². The molecule has 1 amide bonds. The van der Waals surface area contributed by atoms with E-state index >= 15 is 0 Å². The maximum absolute atomic E-state index is 12.3. The van der Waals surface area contributed by atoms with Gasteiger partial charge in [0.05, 0.1) is 14.6 Å². The molecule has 0 aliphatic carbocycles. The SMILES string of the molecule is CCCSc1sc(-c2cc[nH]n2)c2c1C(=O)NC[C@H]2C. The third-order valence-corrected chi connectivity index (χ3v) is 6.08. The number of thioether (sulfide) groups is 1. The van der Waals surface area contributed by atoms with Gasteiger partial charge in [-0.2, -0.15) is 5.10 Å². The first-order valence-corrected chi connectivity index (χ1v) is 8.60. The molecule has 6 heteroatoms. The molecule has 1 aliphatic rings. The largest absolute Gasteiger partial charge is 0.351 e. The van der Waals surface area contributed by atoms with Gasteiger partial charge < -0.3 is 5.32 Å². The van der Waals surface area contributed by atoms with Crippen LogP contribution in [0.4, 0.5) is 0 Å². The van der Waals surface area contributed by atoms with Crippen LogP contribution < -0.4 is 5.32 Å². The van der Waals surface area contributed by atoms with E-state index < -0.39 is 0 Å². The van der Waals surface area contributed by atoms with Crippen molar-refractivity contribution in [2.24, 2.45) is 0 Å². The topological polar surface area (TPSA) is 57.8 Å². The van der Waals surface area contributed by atoms with Crippen molar-refractivity contribution < 1.29 is 4.79 Å². The van der Waals surface area contributed by atoms with Crippen LogP contribution in [0.2, 0.25) is 0 Å². The highest BCUT2D eigenvalue weighted by Crippen LogP contribution is 2.45. The molecule has 0 fully saturated rings. The number of hydrogen-bond acceptors (Lipinski definition) is 4. The summed E-state index contributed by atoms with van der Waals surface area (Å²) in [5.74, 6) is 1.44. The Bertz CT molecular complexity index is 619. The summed E-state index contributed by atoms with van der Waals surface area (Å²) in [4.78, 5) is 13.4. The van der Waals surface area contributed by atoms with Gasteiger partial charge in [0.2, 0.25) is 0 Å². The van der Waals surface area contributed by atoms with Crippen LogP contribution in [0, 0.1) is 0 Å². The zero-order valence-corrected chi connectivity index (χ0v) is 13.2. The number of carbonyl (C=O) groups is 1. The number of nitrogens with zero attached hydrogens (tertiary/aromatic N) is 1. The fraction of sp³-hybridized carbons (Fsp3) is 0.429. The van der Waals surface area contributed by atoms with Crippen molar-refractivity contribution in [1.82, 2.24) is 15.5 Å². The second-order valence-electron chi connectivity index (χ2n) is 4.93. The molecule has 0 unspecified atom stereocenters. The zero-order chi connectivity index (χ0) is 14.1. The average Bonchev–Trinajstić information content (AvgIpc) is 3.07. The zero-order valence-electron chi connectivity index (χ0n) is 11.5. The Labute approximate surface area is 126 Å². The Morgan fingerprint density at radius 2 is 2.40 bits per heavy atom. The predicted molar refractivity (Wildman–Crippen MR) is 83.7 cm³/mol. The van der Waals surface area contributed by atoms with Gasteiger partial charge in [-0.05, 0) is 23.8 Å². The molecular weight excluding hydrogens is 290 g/mol. The first-order valence-electron chi connectivity index (χ1n) is 6.80. The van der Waals surface area contributed by atoms with Crippen LogP contribution in [0.1, 0.15) is 42.1 Å². The van der Waals surface area contributed by atoms with Gasteiger partial charge in [-0.15, -0.1) is 23.1 Å². The summed E-state index contributed by atoms with van der Waals surface area (Å²) < 4.78 is 1.13. The molecule has 2 aromatic rings. The van der Waals surface area contributed by atoms with E-state index in [-0.39, 0.29) is 5.91 Å². The fourth-order valence-electron chi connectivity index (χ4n) is 2.42. The van der Waals surface area contributed by atoms with Crippen LogP contribution in [0.5, 0.6) is 0 Å². The number of amides is 1. The quantitative estimate of drug-likeness (QED) is 0.850. The summed E-state index contributed by atoms with van der Waals surface area (Å²) in [5.41, 5.74) is 2.99. The number of aromatic nitrogens is 2. The van der Waals surface area contributed by atoms with Crippen molar-refractivity contribution in [2.75, 3.05) is 12.3 Å². The maximum Gasteiger partial charge on any atom is 0.253 e. The normalized spacial score (nSPS) is 17.9. The number of carbonyl (C=O) groups excluding carboxylic acids is 1. The molecule has 106 valence electrons. The van der Waals surface area contributed by atoms with Crippen LogP contribution in [0.3, 0.4) is 0 Å². The van der Waals surface area contributed by atoms with E-state index in [1.165, 1.54) is 5.56 Å². The Morgan fingerprint density at radius 3 is 3.10 bits per heavy atom. The highest BCUT2D eigenvalue weighted by Gasteiger charge is 2.31. The lowest BCUT2D eigenvalue weighted by Crippen LogP contribution is -2.33. The van der Waals surface area contributed by atoms with Crippen LogP contribution in [0.25, 0.3) is 10.6 Å². The molecule has 1 aliphatic heterocycles. The summed E-state index contributed by atoms with van der Waals surface area (Å²) in [6.45, 7) is 5.03. The number of H-pyrrole nitrogens is 1. The Kier molecular flexibility index (Phi) is 3.85. The lowest BCUT2D eigenvalue weighted by Gasteiger charge is -2.21.